The maximum Gasteiger partial charge on any atom is 0.410 e. The van der Waals surface area contributed by atoms with E-state index in [9.17, 15) is 18.8 Å². The predicted octanol–water partition coefficient (Wildman–Crippen LogP) is 2.33. The van der Waals surface area contributed by atoms with E-state index in [1.54, 1.807) is 17.1 Å². The van der Waals surface area contributed by atoms with Gasteiger partial charge in [-0.05, 0) is 11.6 Å². The van der Waals surface area contributed by atoms with Crippen LogP contribution >= 0.6 is 0 Å². The summed E-state index contributed by atoms with van der Waals surface area (Å²) in [7, 11) is 1.83. The summed E-state index contributed by atoms with van der Waals surface area (Å²) in [6.07, 6.45) is 2.48. The van der Waals surface area contributed by atoms with Gasteiger partial charge in [-0.25, -0.2) is 13.6 Å². The molecule has 1 fully saturated rings. The molecular weight excluding hydrogens is 394 g/mol. The third kappa shape index (κ3) is 3.70. The lowest BCUT2D eigenvalue weighted by molar-refractivity contribution is 0.0311. The second-order valence-corrected chi connectivity index (χ2v) is 7.14. The molecule has 8 nitrogen and oxygen atoms in total. The summed E-state index contributed by atoms with van der Waals surface area (Å²) in [5, 5.41) is 14.1. The summed E-state index contributed by atoms with van der Waals surface area (Å²) in [6.45, 7) is 0.799. The van der Waals surface area contributed by atoms with Crippen LogP contribution in [0.2, 0.25) is 0 Å². The number of aryl methyl sites for hydroxylation is 1. The Morgan fingerprint density at radius 1 is 1.33 bits per heavy atom. The molecule has 1 saturated heterocycles. The van der Waals surface area contributed by atoms with Crippen LogP contribution in [0.4, 0.5) is 19.3 Å². The number of piperazine rings is 1. The van der Waals surface area contributed by atoms with Gasteiger partial charge in [0.15, 0.2) is 6.61 Å². The number of carbonyl (C=O) groups excluding carboxylic acids is 1. The molecule has 0 aromatic carbocycles. The number of ether oxygens (including phenoxy) is 1. The fourth-order valence-corrected chi connectivity index (χ4v) is 3.87. The number of hydrogen-bond donors (Lipinski definition) is 0. The van der Waals surface area contributed by atoms with Gasteiger partial charge >= 0.3 is 6.09 Å². The number of halogens is 2. The fraction of sp³-hybridized carbons (Fsp3) is 0.400. The van der Waals surface area contributed by atoms with E-state index in [2.05, 4.69) is 25.8 Å². The molecule has 2 aliphatic rings. The molecule has 0 saturated carbocycles. The van der Waals surface area contributed by atoms with Crippen LogP contribution in [0.5, 0.6) is 0 Å². The number of nitriles is 1. The number of anilines is 1. The Hall–Kier alpha value is -3.48. The number of hydrogen-bond acceptors (Lipinski definition) is 6. The normalized spacial score (nSPS) is 16.1. The Bertz CT molecular complexity index is 1030. The first kappa shape index (κ1) is 19.8. The van der Waals surface area contributed by atoms with Crippen molar-refractivity contribution in [2.75, 3.05) is 37.7 Å². The molecule has 1 aliphatic carbocycles. The van der Waals surface area contributed by atoms with Crippen molar-refractivity contribution in [3.8, 4) is 6.07 Å². The summed E-state index contributed by atoms with van der Waals surface area (Å²) in [4.78, 5) is 19.9. The standard InChI is InChI=1S/C20H20F2N6O2/c1-26-11-13(10-25-26)14-8-16-19(15(14)9-23)17(2-3-24-16)27-4-6-28(7-5-27)20(29)30-12-18(21)22/h2-3,10-11,18H,4-8,12H2,1H3. The zero-order chi connectivity index (χ0) is 21.3. The topological polar surface area (TPSA) is 87.3 Å². The first-order valence-electron chi connectivity index (χ1n) is 9.53. The highest BCUT2D eigenvalue weighted by atomic mass is 19.3. The van der Waals surface area contributed by atoms with Crippen LogP contribution in [-0.2, 0) is 18.2 Å². The predicted molar refractivity (Wildman–Crippen MR) is 105 cm³/mol. The van der Waals surface area contributed by atoms with Gasteiger partial charge in [0.25, 0.3) is 6.43 Å². The van der Waals surface area contributed by atoms with E-state index >= 15 is 0 Å². The Morgan fingerprint density at radius 3 is 2.73 bits per heavy atom. The number of pyridine rings is 1. The zero-order valence-corrected chi connectivity index (χ0v) is 16.4. The fourth-order valence-electron chi connectivity index (χ4n) is 3.87. The quantitative estimate of drug-likeness (QED) is 0.763. The van der Waals surface area contributed by atoms with Crippen molar-refractivity contribution in [1.29, 1.82) is 5.26 Å². The average molecular weight is 414 g/mol. The summed E-state index contributed by atoms with van der Waals surface area (Å²) < 4.78 is 30.8. The van der Waals surface area contributed by atoms with E-state index in [-0.39, 0.29) is 0 Å². The molecule has 0 bridgehead atoms. The molecule has 10 heteroatoms. The van der Waals surface area contributed by atoms with Crippen LogP contribution in [0.1, 0.15) is 16.8 Å². The van der Waals surface area contributed by atoms with Gasteiger partial charge < -0.3 is 14.5 Å². The Morgan fingerprint density at radius 2 is 2.10 bits per heavy atom. The highest BCUT2D eigenvalue weighted by Gasteiger charge is 2.31. The first-order chi connectivity index (χ1) is 14.5. The number of rotatable bonds is 4. The van der Waals surface area contributed by atoms with Gasteiger partial charge in [-0.3, -0.25) is 9.67 Å². The van der Waals surface area contributed by atoms with Gasteiger partial charge in [0, 0.05) is 68.9 Å². The summed E-state index contributed by atoms with van der Waals surface area (Å²) in [5.74, 6) is 0. The second-order valence-electron chi connectivity index (χ2n) is 7.14. The second kappa shape index (κ2) is 8.10. The van der Waals surface area contributed by atoms with Gasteiger partial charge in [0.1, 0.15) is 6.07 Å². The van der Waals surface area contributed by atoms with Crippen LogP contribution in [0.15, 0.2) is 24.7 Å². The van der Waals surface area contributed by atoms with Crippen LogP contribution in [0.3, 0.4) is 0 Å². The number of fused-ring (bicyclic) bond motifs is 1. The van der Waals surface area contributed by atoms with E-state index in [1.807, 2.05) is 19.3 Å². The molecule has 0 N–H and O–H groups in total. The molecular formula is C20H20F2N6O2. The third-order valence-electron chi connectivity index (χ3n) is 5.28. The van der Waals surface area contributed by atoms with Crippen LogP contribution in [0, 0.1) is 11.3 Å². The molecule has 0 spiro atoms. The molecule has 0 atom stereocenters. The van der Waals surface area contributed by atoms with Crippen molar-refractivity contribution in [1.82, 2.24) is 19.7 Å². The van der Waals surface area contributed by atoms with Gasteiger partial charge in [0.05, 0.1) is 17.5 Å². The maximum atomic E-state index is 12.3. The summed E-state index contributed by atoms with van der Waals surface area (Å²) in [5.41, 5.74) is 4.91. The van der Waals surface area contributed by atoms with Crippen molar-refractivity contribution in [2.45, 2.75) is 12.8 Å². The minimum Gasteiger partial charge on any atom is -0.443 e. The lowest BCUT2D eigenvalue weighted by Gasteiger charge is -2.36. The third-order valence-corrected chi connectivity index (χ3v) is 5.28. The van der Waals surface area contributed by atoms with Gasteiger partial charge in [-0.15, -0.1) is 0 Å². The van der Waals surface area contributed by atoms with Crippen LogP contribution in [-0.4, -0.2) is 65.0 Å². The molecule has 4 rings (SSSR count). The SMILES string of the molecule is Cn1cc(C2=C(C#N)c3c(N4CCN(C(=O)OCC(F)F)CC4)ccnc3C2)cn1. The lowest BCUT2D eigenvalue weighted by atomic mass is 10.0. The number of alkyl halides is 2. The Kier molecular flexibility index (Phi) is 5.35. The van der Waals surface area contributed by atoms with Crippen molar-refractivity contribution >= 4 is 22.9 Å². The monoisotopic (exact) mass is 414 g/mol. The molecule has 1 aliphatic heterocycles. The smallest absolute Gasteiger partial charge is 0.410 e. The molecule has 1 amide bonds. The van der Waals surface area contributed by atoms with Crippen molar-refractivity contribution in [2.24, 2.45) is 7.05 Å². The van der Waals surface area contributed by atoms with Gasteiger partial charge in [-0.1, -0.05) is 0 Å². The van der Waals surface area contributed by atoms with Gasteiger partial charge in [0.2, 0.25) is 0 Å². The summed E-state index contributed by atoms with van der Waals surface area (Å²) in [6, 6.07) is 4.20. The van der Waals surface area contributed by atoms with E-state index in [1.165, 1.54) is 4.90 Å². The molecule has 2 aromatic heterocycles. The van der Waals surface area contributed by atoms with E-state index in [0.29, 0.717) is 38.2 Å². The van der Waals surface area contributed by atoms with Crippen molar-refractivity contribution in [3.05, 3.63) is 41.5 Å². The number of nitrogens with zero attached hydrogens (tertiary/aromatic N) is 6. The first-order valence-corrected chi connectivity index (χ1v) is 9.53. The highest BCUT2D eigenvalue weighted by Crippen LogP contribution is 2.42. The average Bonchev–Trinajstić information content (AvgIpc) is 3.34. The minimum absolute atomic E-state index is 0.347. The maximum absolute atomic E-state index is 12.3. The molecule has 0 radical (unpaired) electrons. The zero-order valence-electron chi connectivity index (χ0n) is 16.4. The van der Waals surface area contributed by atoms with Gasteiger partial charge in [-0.2, -0.15) is 10.4 Å². The van der Waals surface area contributed by atoms with E-state index < -0.39 is 19.1 Å². The Balaban J connectivity index is 1.55. The number of aromatic nitrogens is 3. The highest BCUT2D eigenvalue weighted by molar-refractivity contribution is 6.05. The lowest BCUT2D eigenvalue weighted by Crippen LogP contribution is -2.49. The van der Waals surface area contributed by atoms with Crippen LogP contribution < -0.4 is 4.90 Å². The van der Waals surface area contributed by atoms with E-state index in [4.69, 9.17) is 0 Å². The molecule has 3 heterocycles. The van der Waals surface area contributed by atoms with Crippen molar-refractivity contribution in [3.63, 3.8) is 0 Å². The number of allylic oxidation sites excluding steroid dienone is 2. The summed E-state index contributed by atoms with van der Waals surface area (Å²) >= 11 is 0. The minimum atomic E-state index is -2.68. The van der Waals surface area contributed by atoms with Crippen LogP contribution in [0.25, 0.3) is 11.1 Å². The molecule has 156 valence electrons. The number of amides is 1. The van der Waals surface area contributed by atoms with E-state index in [0.717, 1.165) is 28.1 Å². The molecule has 2 aromatic rings. The number of carbonyl (C=O) groups is 1. The molecule has 30 heavy (non-hydrogen) atoms. The largest absolute Gasteiger partial charge is 0.443 e. The molecule has 0 unspecified atom stereocenters. The van der Waals surface area contributed by atoms with Crippen molar-refractivity contribution < 1.29 is 18.3 Å². The Labute approximate surface area is 172 Å².